The van der Waals surface area contributed by atoms with Crippen LogP contribution in [-0.4, -0.2) is 66.8 Å². The Balaban J connectivity index is 1.46. The summed E-state index contributed by atoms with van der Waals surface area (Å²) in [6, 6.07) is 11.4. The van der Waals surface area contributed by atoms with Crippen molar-refractivity contribution in [3.63, 3.8) is 0 Å². The zero-order valence-corrected chi connectivity index (χ0v) is 19.7. The van der Waals surface area contributed by atoms with Crippen LogP contribution in [-0.2, 0) is 10.0 Å². The minimum atomic E-state index is -3.53. The lowest BCUT2D eigenvalue weighted by Gasteiger charge is -2.36. The first-order valence-corrected chi connectivity index (χ1v) is 12.1. The van der Waals surface area contributed by atoms with Gasteiger partial charge in [0.2, 0.25) is 10.0 Å². The van der Waals surface area contributed by atoms with Gasteiger partial charge in [0.1, 0.15) is 11.5 Å². The summed E-state index contributed by atoms with van der Waals surface area (Å²) in [5.41, 5.74) is 2.76. The van der Waals surface area contributed by atoms with Crippen molar-refractivity contribution in [2.45, 2.75) is 25.2 Å². The number of sulfonamides is 1. The number of hydrogen-bond donors (Lipinski definition) is 1. The molecule has 7 nitrogen and oxygen atoms in total. The van der Waals surface area contributed by atoms with Gasteiger partial charge in [0.15, 0.2) is 0 Å². The first-order valence-electron chi connectivity index (χ1n) is 10.6. The van der Waals surface area contributed by atoms with Crippen molar-refractivity contribution in [3.8, 4) is 11.5 Å². The predicted molar refractivity (Wildman–Crippen MR) is 124 cm³/mol. The van der Waals surface area contributed by atoms with E-state index in [1.54, 1.807) is 26.4 Å². The Morgan fingerprint density at radius 2 is 1.61 bits per heavy atom. The van der Waals surface area contributed by atoms with Gasteiger partial charge in [-0.25, -0.2) is 13.1 Å². The summed E-state index contributed by atoms with van der Waals surface area (Å²) in [5.74, 6) is 1.63. The molecule has 0 atom stereocenters. The maximum atomic E-state index is 12.7. The number of piperazine rings is 1. The van der Waals surface area contributed by atoms with Gasteiger partial charge in [-0.15, -0.1) is 0 Å². The molecule has 170 valence electrons. The van der Waals surface area contributed by atoms with E-state index < -0.39 is 10.0 Å². The molecule has 0 radical (unpaired) electrons. The van der Waals surface area contributed by atoms with Gasteiger partial charge >= 0.3 is 0 Å². The van der Waals surface area contributed by atoms with Crippen molar-refractivity contribution in [2.75, 3.05) is 58.4 Å². The SMILES string of the molecule is COc1ccccc1N1CCN(CCCNS(=O)(=O)c2cc(C)c(OC)c(C)c2)CC1. The number of anilines is 1. The fourth-order valence-electron chi connectivity index (χ4n) is 4.08. The third-order valence-corrected chi connectivity index (χ3v) is 7.13. The molecule has 1 N–H and O–H groups in total. The molecule has 0 bridgehead atoms. The Morgan fingerprint density at radius 3 is 2.23 bits per heavy atom. The quantitative estimate of drug-likeness (QED) is 0.596. The Morgan fingerprint density at radius 1 is 0.968 bits per heavy atom. The fourth-order valence-corrected chi connectivity index (χ4v) is 5.33. The molecule has 1 heterocycles. The van der Waals surface area contributed by atoms with Gasteiger partial charge < -0.3 is 14.4 Å². The lowest BCUT2D eigenvalue weighted by molar-refractivity contribution is 0.254. The first-order chi connectivity index (χ1) is 14.9. The lowest BCUT2D eigenvalue weighted by atomic mass is 10.1. The van der Waals surface area contributed by atoms with Crippen LogP contribution in [0.25, 0.3) is 0 Å². The zero-order valence-electron chi connectivity index (χ0n) is 18.8. The van der Waals surface area contributed by atoms with Gasteiger partial charge in [0, 0.05) is 32.7 Å². The van der Waals surface area contributed by atoms with E-state index >= 15 is 0 Å². The van der Waals surface area contributed by atoms with Crippen LogP contribution in [0.1, 0.15) is 17.5 Å². The minimum absolute atomic E-state index is 0.286. The second-order valence-corrected chi connectivity index (χ2v) is 9.61. The van der Waals surface area contributed by atoms with E-state index in [-0.39, 0.29) is 4.90 Å². The third kappa shape index (κ3) is 5.70. The van der Waals surface area contributed by atoms with Gasteiger partial charge in [-0.1, -0.05) is 12.1 Å². The molecule has 2 aromatic carbocycles. The molecule has 1 aliphatic heterocycles. The molecule has 31 heavy (non-hydrogen) atoms. The van der Waals surface area contributed by atoms with Gasteiger partial charge in [-0.3, -0.25) is 4.90 Å². The second kappa shape index (κ2) is 10.3. The largest absolute Gasteiger partial charge is 0.496 e. The van der Waals surface area contributed by atoms with Crippen LogP contribution in [0.4, 0.5) is 5.69 Å². The highest BCUT2D eigenvalue weighted by molar-refractivity contribution is 7.89. The summed E-state index contributed by atoms with van der Waals surface area (Å²) in [4.78, 5) is 5.00. The maximum Gasteiger partial charge on any atom is 0.240 e. The van der Waals surface area contributed by atoms with Gasteiger partial charge in [-0.05, 0) is 62.2 Å². The summed E-state index contributed by atoms with van der Waals surface area (Å²) >= 11 is 0. The standard InChI is InChI=1S/C23H33N3O4S/c1-18-16-20(17-19(2)23(18)30-4)31(27,28)24-10-7-11-25-12-14-26(15-13-25)21-8-5-6-9-22(21)29-3/h5-6,8-9,16-17,24H,7,10-15H2,1-4H3. The molecular weight excluding hydrogens is 414 g/mol. The monoisotopic (exact) mass is 447 g/mol. The fraction of sp³-hybridized carbons (Fsp3) is 0.478. The average Bonchev–Trinajstić information content (AvgIpc) is 2.77. The van der Waals surface area contributed by atoms with Crippen LogP contribution in [0.3, 0.4) is 0 Å². The molecule has 1 aliphatic rings. The van der Waals surface area contributed by atoms with Crippen LogP contribution in [0, 0.1) is 13.8 Å². The topological polar surface area (TPSA) is 71.1 Å². The van der Waals surface area contributed by atoms with E-state index in [1.165, 1.54) is 0 Å². The molecule has 0 amide bonds. The van der Waals surface area contributed by atoms with Crippen molar-refractivity contribution in [1.29, 1.82) is 0 Å². The smallest absolute Gasteiger partial charge is 0.240 e. The summed E-state index contributed by atoms with van der Waals surface area (Å²) in [6.07, 6.45) is 0.766. The molecule has 1 saturated heterocycles. The number of benzene rings is 2. The van der Waals surface area contributed by atoms with E-state index in [9.17, 15) is 8.42 Å². The number of nitrogens with zero attached hydrogens (tertiary/aromatic N) is 2. The van der Waals surface area contributed by atoms with E-state index in [0.717, 1.165) is 67.5 Å². The number of aryl methyl sites for hydroxylation is 2. The van der Waals surface area contributed by atoms with Crippen LogP contribution in [0.5, 0.6) is 11.5 Å². The zero-order chi connectivity index (χ0) is 22.4. The van der Waals surface area contributed by atoms with Crippen LogP contribution in [0.15, 0.2) is 41.3 Å². The summed E-state index contributed by atoms with van der Waals surface area (Å²) < 4.78 is 38.9. The number of hydrogen-bond acceptors (Lipinski definition) is 6. The predicted octanol–water partition coefficient (Wildman–Crippen LogP) is 2.81. The van der Waals surface area contributed by atoms with E-state index in [2.05, 4.69) is 20.6 Å². The van der Waals surface area contributed by atoms with E-state index in [1.807, 2.05) is 32.0 Å². The van der Waals surface area contributed by atoms with Crippen molar-refractivity contribution < 1.29 is 17.9 Å². The highest BCUT2D eigenvalue weighted by Gasteiger charge is 2.20. The van der Waals surface area contributed by atoms with Crippen molar-refractivity contribution in [2.24, 2.45) is 0 Å². The number of rotatable bonds is 9. The molecule has 2 aromatic rings. The second-order valence-electron chi connectivity index (χ2n) is 7.84. The van der Waals surface area contributed by atoms with Crippen molar-refractivity contribution in [3.05, 3.63) is 47.5 Å². The van der Waals surface area contributed by atoms with Crippen LogP contribution in [0.2, 0.25) is 0 Å². The summed E-state index contributed by atoms with van der Waals surface area (Å²) in [7, 11) is -0.238. The van der Waals surface area contributed by atoms with Crippen LogP contribution >= 0.6 is 0 Å². The molecule has 0 aromatic heterocycles. The van der Waals surface area contributed by atoms with Gasteiger partial charge in [0.05, 0.1) is 24.8 Å². The average molecular weight is 448 g/mol. The number of para-hydroxylation sites is 2. The van der Waals surface area contributed by atoms with Crippen LogP contribution < -0.4 is 19.1 Å². The molecule has 0 spiro atoms. The Labute approximate surface area is 186 Å². The molecular formula is C23H33N3O4S. The molecule has 1 fully saturated rings. The number of nitrogens with one attached hydrogen (secondary N) is 1. The Kier molecular flexibility index (Phi) is 7.80. The molecule has 0 unspecified atom stereocenters. The highest BCUT2D eigenvalue weighted by Crippen LogP contribution is 2.28. The molecule has 0 aliphatic carbocycles. The van der Waals surface area contributed by atoms with E-state index in [4.69, 9.17) is 9.47 Å². The van der Waals surface area contributed by atoms with E-state index in [0.29, 0.717) is 6.54 Å². The van der Waals surface area contributed by atoms with Crippen molar-refractivity contribution >= 4 is 15.7 Å². The summed E-state index contributed by atoms with van der Waals surface area (Å²) in [5, 5.41) is 0. The highest BCUT2D eigenvalue weighted by atomic mass is 32.2. The minimum Gasteiger partial charge on any atom is -0.496 e. The van der Waals surface area contributed by atoms with Crippen molar-refractivity contribution in [1.82, 2.24) is 9.62 Å². The summed E-state index contributed by atoms with van der Waals surface area (Å²) in [6.45, 7) is 8.74. The first kappa shape index (κ1) is 23.4. The Bertz CT molecular complexity index is 963. The lowest BCUT2D eigenvalue weighted by Crippen LogP contribution is -2.47. The molecule has 3 rings (SSSR count). The van der Waals surface area contributed by atoms with Gasteiger partial charge in [0.25, 0.3) is 0 Å². The molecule has 8 heteroatoms. The normalized spacial score (nSPS) is 15.2. The Hall–Kier alpha value is -2.29. The number of methoxy groups -OCH3 is 2. The third-order valence-electron chi connectivity index (χ3n) is 5.69. The molecule has 0 saturated carbocycles. The van der Waals surface area contributed by atoms with Gasteiger partial charge in [-0.2, -0.15) is 0 Å². The maximum absolute atomic E-state index is 12.7. The number of ether oxygens (including phenoxy) is 2.